The standard InChI is InChI=1S/C16H18ClN3O/c17-13-4-1-5-14(8-13)21-15-10-19-16(20-11-15)7-12-3-2-6-18-9-12/h1,4-5,8,10-12,18H,2-3,6-7,9H2. The third kappa shape index (κ3) is 4.16. The molecule has 0 saturated carbocycles. The summed E-state index contributed by atoms with van der Waals surface area (Å²) in [5.41, 5.74) is 0. The van der Waals surface area contributed by atoms with Gasteiger partial charge in [0.15, 0.2) is 5.75 Å². The molecule has 21 heavy (non-hydrogen) atoms. The summed E-state index contributed by atoms with van der Waals surface area (Å²) in [5.74, 6) is 2.83. The number of rotatable bonds is 4. The van der Waals surface area contributed by atoms with Crippen LogP contribution in [0.5, 0.6) is 11.5 Å². The Balaban J connectivity index is 1.61. The maximum absolute atomic E-state index is 5.93. The zero-order chi connectivity index (χ0) is 14.5. The Kier molecular flexibility index (Phi) is 4.68. The molecule has 1 unspecified atom stereocenters. The van der Waals surface area contributed by atoms with Crippen molar-refractivity contribution in [1.82, 2.24) is 15.3 Å². The second-order valence-electron chi connectivity index (χ2n) is 5.31. The summed E-state index contributed by atoms with van der Waals surface area (Å²) in [7, 11) is 0. The van der Waals surface area contributed by atoms with Crippen molar-refractivity contribution in [2.24, 2.45) is 5.92 Å². The van der Waals surface area contributed by atoms with Gasteiger partial charge >= 0.3 is 0 Å². The molecule has 1 saturated heterocycles. The third-order valence-corrected chi connectivity index (χ3v) is 3.82. The lowest BCUT2D eigenvalue weighted by atomic mass is 9.96. The Morgan fingerprint density at radius 3 is 2.81 bits per heavy atom. The molecule has 0 spiro atoms. The van der Waals surface area contributed by atoms with Gasteiger partial charge < -0.3 is 10.1 Å². The topological polar surface area (TPSA) is 47.0 Å². The molecule has 0 radical (unpaired) electrons. The molecule has 2 aromatic rings. The lowest BCUT2D eigenvalue weighted by molar-refractivity contribution is 0.370. The molecular weight excluding hydrogens is 286 g/mol. The third-order valence-electron chi connectivity index (χ3n) is 3.58. The molecule has 1 aliphatic rings. The SMILES string of the molecule is Clc1cccc(Oc2cnc(CC3CCCNC3)nc2)c1. The number of aromatic nitrogens is 2. The van der Waals surface area contributed by atoms with Crippen molar-refractivity contribution in [3.8, 4) is 11.5 Å². The van der Waals surface area contributed by atoms with Gasteiger partial charge in [0.25, 0.3) is 0 Å². The van der Waals surface area contributed by atoms with E-state index in [9.17, 15) is 0 Å². The molecule has 2 heterocycles. The molecule has 0 bridgehead atoms. The van der Waals surface area contributed by atoms with Gasteiger partial charge in [0.05, 0.1) is 12.4 Å². The fraction of sp³-hybridized carbons (Fsp3) is 0.375. The maximum Gasteiger partial charge on any atom is 0.164 e. The first-order valence-corrected chi connectivity index (χ1v) is 7.62. The Hall–Kier alpha value is -1.65. The molecule has 110 valence electrons. The maximum atomic E-state index is 5.93. The van der Waals surface area contributed by atoms with Crippen LogP contribution in [0.4, 0.5) is 0 Å². The minimum absolute atomic E-state index is 0.628. The van der Waals surface area contributed by atoms with Crippen LogP contribution in [0.25, 0.3) is 0 Å². The molecule has 1 atom stereocenters. The highest BCUT2D eigenvalue weighted by Crippen LogP contribution is 2.23. The fourth-order valence-electron chi connectivity index (χ4n) is 2.52. The number of nitrogens with zero attached hydrogens (tertiary/aromatic N) is 2. The van der Waals surface area contributed by atoms with Crippen molar-refractivity contribution in [2.75, 3.05) is 13.1 Å². The monoisotopic (exact) mass is 303 g/mol. The van der Waals surface area contributed by atoms with Crippen molar-refractivity contribution in [1.29, 1.82) is 0 Å². The van der Waals surface area contributed by atoms with Crippen molar-refractivity contribution in [3.63, 3.8) is 0 Å². The van der Waals surface area contributed by atoms with Crippen molar-refractivity contribution < 1.29 is 4.74 Å². The number of ether oxygens (including phenoxy) is 1. The summed E-state index contributed by atoms with van der Waals surface area (Å²) in [6.07, 6.45) is 6.85. The van der Waals surface area contributed by atoms with E-state index in [-0.39, 0.29) is 0 Å². The highest BCUT2D eigenvalue weighted by Gasteiger charge is 2.14. The quantitative estimate of drug-likeness (QED) is 0.939. The smallest absolute Gasteiger partial charge is 0.164 e. The molecule has 1 N–H and O–H groups in total. The number of hydrogen-bond donors (Lipinski definition) is 1. The van der Waals surface area contributed by atoms with Crippen LogP contribution in [0.2, 0.25) is 5.02 Å². The van der Waals surface area contributed by atoms with E-state index in [1.165, 1.54) is 12.8 Å². The van der Waals surface area contributed by atoms with Gasteiger partial charge in [-0.15, -0.1) is 0 Å². The molecule has 5 heteroatoms. The number of nitrogens with one attached hydrogen (secondary N) is 1. The van der Waals surface area contributed by atoms with Crippen LogP contribution >= 0.6 is 11.6 Å². The molecule has 0 amide bonds. The van der Waals surface area contributed by atoms with Crippen LogP contribution in [0, 0.1) is 5.92 Å². The number of benzene rings is 1. The fourth-order valence-corrected chi connectivity index (χ4v) is 2.70. The van der Waals surface area contributed by atoms with Gasteiger partial charge in [-0.05, 0) is 50.0 Å². The van der Waals surface area contributed by atoms with E-state index in [4.69, 9.17) is 16.3 Å². The molecule has 3 rings (SSSR count). The summed E-state index contributed by atoms with van der Waals surface area (Å²) in [4.78, 5) is 8.79. The van der Waals surface area contributed by atoms with E-state index in [1.54, 1.807) is 18.5 Å². The minimum Gasteiger partial charge on any atom is -0.454 e. The first-order chi connectivity index (χ1) is 10.3. The number of piperidine rings is 1. The van der Waals surface area contributed by atoms with Gasteiger partial charge in [-0.25, -0.2) is 9.97 Å². The van der Waals surface area contributed by atoms with Crippen molar-refractivity contribution >= 4 is 11.6 Å². The largest absolute Gasteiger partial charge is 0.454 e. The van der Waals surface area contributed by atoms with Gasteiger partial charge in [-0.3, -0.25) is 0 Å². The Bertz CT molecular complexity index is 582. The average Bonchev–Trinajstić information content (AvgIpc) is 2.50. The van der Waals surface area contributed by atoms with Gasteiger partial charge in [0.1, 0.15) is 11.6 Å². The van der Waals surface area contributed by atoms with Crippen molar-refractivity contribution in [3.05, 3.63) is 47.5 Å². The summed E-state index contributed by atoms with van der Waals surface area (Å²) in [5, 5.41) is 4.06. The van der Waals surface area contributed by atoms with E-state index in [2.05, 4.69) is 15.3 Å². The van der Waals surface area contributed by atoms with Crippen LogP contribution in [0.15, 0.2) is 36.7 Å². The molecule has 1 aromatic heterocycles. The lowest BCUT2D eigenvalue weighted by Crippen LogP contribution is -2.31. The van der Waals surface area contributed by atoms with E-state index in [0.29, 0.717) is 22.4 Å². The Labute approximate surface area is 129 Å². The summed E-state index contributed by atoms with van der Waals surface area (Å²) < 4.78 is 5.68. The van der Waals surface area contributed by atoms with E-state index >= 15 is 0 Å². The predicted octanol–water partition coefficient (Wildman–Crippen LogP) is 3.46. The summed E-state index contributed by atoms with van der Waals surface area (Å²) in [6.45, 7) is 2.19. The van der Waals surface area contributed by atoms with Crippen LogP contribution in [0.1, 0.15) is 18.7 Å². The van der Waals surface area contributed by atoms with Crippen LogP contribution in [-0.2, 0) is 6.42 Å². The van der Waals surface area contributed by atoms with Crippen LogP contribution in [0.3, 0.4) is 0 Å². The average molecular weight is 304 g/mol. The Morgan fingerprint density at radius 2 is 2.10 bits per heavy atom. The minimum atomic E-state index is 0.628. The van der Waals surface area contributed by atoms with E-state index in [1.807, 2.05) is 18.2 Å². The molecule has 4 nitrogen and oxygen atoms in total. The molecular formula is C16H18ClN3O. The predicted molar refractivity (Wildman–Crippen MR) is 82.9 cm³/mol. The normalized spacial score (nSPS) is 18.4. The number of hydrogen-bond acceptors (Lipinski definition) is 4. The van der Waals surface area contributed by atoms with E-state index in [0.717, 1.165) is 25.3 Å². The first-order valence-electron chi connectivity index (χ1n) is 7.24. The lowest BCUT2D eigenvalue weighted by Gasteiger charge is -2.21. The zero-order valence-electron chi connectivity index (χ0n) is 11.8. The molecule has 1 aliphatic heterocycles. The van der Waals surface area contributed by atoms with Crippen LogP contribution < -0.4 is 10.1 Å². The molecule has 1 fully saturated rings. The summed E-state index contributed by atoms with van der Waals surface area (Å²) in [6, 6.07) is 7.28. The number of halogens is 1. The second-order valence-corrected chi connectivity index (χ2v) is 5.75. The highest BCUT2D eigenvalue weighted by atomic mass is 35.5. The van der Waals surface area contributed by atoms with Gasteiger partial charge in [-0.1, -0.05) is 17.7 Å². The Morgan fingerprint density at radius 1 is 1.24 bits per heavy atom. The zero-order valence-corrected chi connectivity index (χ0v) is 12.5. The first kappa shape index (κ1) is 14.3. The second kappa shape index (κ2) is 6.87. The summed E-state index contributed by atoms with van der Waals surface area (Å²) >= 11 is 5.93. The van der Waals surface area contributed by atoms with Gasteiger partial charge in [-0.2, -0.15) is 0 Å². The van der Waals surface area contributed by atoms with Gasteiger partial charge in [0.2, 0.25) is 0 Å². The molecule has 1 aromatic carbocycles. The van der Waals surface area contributed by atoms with E-state index < -0.39 is 0 Å². The highest BCUT2D eigenvalue weighted by molar-refractivity contribution is 6.30. The van der Waals surface area contributed by atoms with Gasteiger partial charge in [0, 0.05) is 11.4 Å². The molecule has 0 aliphatic carbocycles. The van der Waals surface area contributed by atoms with Crippen LogP contribution in [-0.4, -0.2) is 23.1 Å². The van der Waals surface area contributed by atoms with Crippen molar-refractivity contribution in [2.45, 2.75) is 19.3 Å².